The van der Waals surface area contributed by atoms with Crippen molar-refractivity contribution in [3.63, 3.8) is 0 Å². The molecule has 2 atom stereocenters. The molecule has 0 radical (unpaired) electrons. The van der Waals surface area contributed by atoms with Gasteiger partial charge < -0.3 is 5.11 Å². The van der Waals surface area contributed by atoms with Crippen molar-refractivity contribution in [3.8, 4) is 11.5 Å². The van der Waals surface area contributed by atoms with E-state index in [4.69, 9.17) is 0 Å². The molecule has 0 heterocycles. The summed E-state index contributed by atoms with van der Waals surface area (Å²) in [6.45, 7) is 15.4. The van der Waals surface area contributed by atoms with Crippen molar-refractivity contribution in [1.82, 2.24) is 0 Å². The van der Waals surface area contributed by atoms with Crippen molar-refractivity contribution < 1.29 is 5.11 Å². The van der Waals surface area contributed by atoms with Gasteiger partial charge in [-0.05, 0) is 11.8 Å². The van der Waals surface area contributed by atoms with Gasteiger partial charge >= 0.3 is 0 Å². The van der Waals surface area contributed by atoms with E-state index in [1.165, 1.54) is 32.1 Å². The molecule has 0 amide bonds. The minimum Gasteiger partial charge on any atom is -0.391 e. The lowest BCUT2D eigenvalue weighted by Crippen LogP contribution is -2.33. The molecule has 0 rings (SSSR count). The molecule has 0 saturated heterocycles. The van der Waals surface area contributed by atoms with Gasteiger partial charge in [0.15, 0.2) is 0 Å². The van der Waals surface area contributed by atoms with Crippen molar-refractivity contribution in [3.05, 3.63) is 0 Å². The third-order valence-electron chi connectivity index (χ3n) is 3.52. The van der Waals surface area contributed by atoms with Gasteiger partial charge in [-0.1, -0.05) is 79.4 Å². The fraction of sp³-hybridized carbons (Fsp3) is 0.889. The van der Waals surface area contributed by atoms with E-state index in [1.807, 2.05) is 0 Å². The van der Waals surface area contributed by atoms with Gasteiger partial charge in [0.25, 0.3) is 0 Å². The van der Waals surface area contributed by atoms with Gasteiger partial charge in [0.2, 0.25) is 0 Å². The molecule has 0 fully saturated rings. The van der Waals surface area contributed by atoms with Crippen molar-refractivity contribution in [2.75, 3.05) is 0 Å². The number of rotatable bonds is 7. The largest absolute Gasteiger partial charge is 0.391 e. The zero-order chi connectivity index (χ0) is 15.8. The van der Waals surface area contributed by atoms with Crippen molar-refractivity contribution in [2.45, 2.75) is 92.0 Å². The summed E-state index contributed by atoms with van der Waals surface area (Å²) >= 11 is 0. The van der Waals surface area contributed by atoms with Crippen LogP contribution in [0.15, 0.2) is 0 Å². The molecule has 0 aliphatic heterocycles. The van der Waals surface area contributed by atoms with Crippen LogP contribution in [0.4, 0.5) is 0 Å². The molecule has 0 aromatic rings. The van der Waals surface area contributed by atoms with Crippen LogP contribution in [0.5, 0.6) is 0 Å². The van der Waals surface area contributed by atoms with Gasteiger partial charge in [-0.15, -0.1) is 11.5 Å². The molecule has 0 saturated carbocycles. The predicted molar refractivity (Wildman–Crippen MR) is 93.4 cm³/mol. The summed E-state index contributed by atoms with van der Waals surface area (Å²) in [5, 5.41) is 10.6. The molecule has 118 valence electrons. The van der Waals surface area contributed by atoms with E-state index in [0.717, 1.165) is 6.42 Å². The number of hydrogen-bond acceptors (Lipinski definition) is 1. The van der Waals surface area contributed by atoms with Crippen molar-refractivity contribution in [1.29, 1.82) is 0 Å². The van der Waals surface area contributed by atoms with Crippen molar-refractivity contribution in [2.24, 2.45) is 11.3 Å². The molecule has 0 aliphatic rings. The van der Waals surface area contributed by atoms with Crippen molar-refractivity contribution >= 4 is 8.07 Å². The molecule has 1 nitrogen and oxygen atoms in total. The summed E-state index contributed by atoms with van der Waals surface area (Å²) in [6.07, 6.45) is 7.11. The van der Waals surface area contributed by atoms with E-state index >= 15 is 0 Å². The van der Waals surface area contributed by atoms with Crippen LogP contribution in [-0.4, -0.2) is 19.3 Å². The Bertz CT molecular complexity index is 311. The molecule has 0 aromatic heterocycles. The van der Waals surface area contributed by atoms with Gasteiger partial charge in [0, 0.05) is 5.92 Å². The smallest absolute Gasteiger partial charge is 0.129 e. The maximum atomic E-state index is 10.6. The highest BCUT2D eigenvalue weighted by Gasteiger charge is 2.29. The van der Waals surface area contributed by atoms with Crippen LogP contribution in [0, 0.1) is 22.8 Å². The quantitative estimate of drug-likeness (QED) is 0.386. The first-order chi connectivity index (χ1) is 9.08. The molecule has 0 unspecified atom stereocenters. The van der Waals surface area contributed by atoms with E-state index < -0.39 is 8.07 Å². The second-order valence-electron chi connectivity index (χ2n) is 8.14. The topological polar surface area (TPSA) is 20.2 Å². The van der Waals surface area contributed by atoms with Crippen LogP contribution in [0.3, 0.4) is 0 Å². The lowest BCUT2D eigenvalue weighted by atomic mass is 9.79. The van der Waals surface area contributed by atoms with E-state index in [9.17, 15) is 5.11 Å². The van der Waals surface area contributed by atoms with Crippen LogP contribution in [-0.2, 0) is 0 Å². The summed E-state index contributed by atoms with van der Waals surface area (Å²) < 4.78 is 0. The first-order valence-corrected chi connectivity index (χ1v) is 11.8. The Kier molecular flexibility index (Phi) is 8.78. The maximum Gasteiger partial charge on any atom is 0.129 e. The normalized spacial score (nSPS) is 15.4. The molecular formula is C18H36OSi. The van der Waals surface area contributed by atoms with E-state index in [-0.39, 0.29) is 17.4 Å². The Morgan fingerprint density at radius 1 is 1.00 bits per heavy atom. The van der Waals surface area contributed by atoms with Crippen LogP contribution >= 0.6 is 0 Å². The minimum absolute atomic E-state index is 0.0811. The number of hydrogen-bond donors (Lipinski definition) is 1. The Hall–Kier alpha value is -0.263. The van der Waals surface area contributed by atoms with E-state index in [2.05, 4.69) is 58.8 Å². The second kappa shape index (κ2) is 8.90. The lowest BCUT2D eigenvalue weighted by Gasteiger charge is -2.30. The number of aliphatic hydroxyl groups is 1. The highest BCUT2D eigenvalue weighted by atomic mass is 28.3. The second-order valence-corrected chi connectivity index (χ2v) is 12.9. The number of aliphatic hydroxyl groups excluding tert-OH is 1. The summed E-state index contributed by atoms with van der Waals surface area (Å²) in [5.74, 6) is 3.56. The van der Waals surface area contributed by atoms with Crippen LogP contribution in [0.1, 0.15) is 66.2 Å². The highest BCUT2D eigenvalue weighted by molar-refractivity contribution is 6.83. The fourth-order valence-corrected chi connectivity index (χ4v) is 2.81. The number of unbranched alkanes of at least 4 members (excludes halogenated alkanes) is 4. The third-order valence-corrected chi connectivity index (χ3v) is 4.41. The summed E-state index contributed by atoms with van der Waals surface area (Å²) in [6, 6.07) is 0. The van der Waals surface area contributed by atoms with Gasteiger partial charge in [-0.25, -0.2) is 0 Å². The Morgan fingerprint density at radius 2 is 1.55 bits per heavy atom. The van der Waals surface area contributed by atoms with Gasteiger partial charge in [0.05, 0.1) is 6.10 Å². The molecule has 1 N–H and O–H groups in total. The fourth-order valence-electron chi connectivity index (χ4n) is 2.19. The zero-order valence-electron chi connectivity index (χ0n) is 14.8. The molecule has 0 spiro atoms. The van der Waals surface area contributed by atoms with Crippen LogP contribution < -0.4 is 0 Å². The molecule has 20 heavy (non-hydrogen) atoms. The Labute approximate surface area is 128 Å². The van der Waals surface area contributed by atoms with Crippen LogP contribution in [0.2, 0.25) is 19.6 Å². The van der Waals surface area contributed by atoms with Crippen LogP contribution in [0.25, 0.3) is 0 Å². The van der Waals surface area contributed by atoms with E-state index in [0.29, 0.717) is 0 Å². The Balaban J connectivity index is 4.59. The predicted octanol–water partition coefficient (Wildman–Crippen LogP) is 5.25. The summed E-state index contributed by atoms with van der Waals surface area (Å²) in [4.78, 5) is 0. The van der Waals surface area contributed by atoms with E-state index in [1.54, 1.807) is 0 Å². The first kappa shape index (κ1) is 19.7. The first-order valence-electron chi connectivity index (χ1n) is 8.28. The average molecular weight is 297 g/mol. The summed E-state index contributed by atoms with van der Waals surface area (Å²) in [5.41, 5.74) is 3.37. The molecule has 0 aromatic carbocycles. The van der Waals surface area contributed by atoms with Gasteiger partial charge in [-0.3, -0.25) is 0 Å². The summed E-state index contributed by atoms with van der Waals surface area (Å²) in [7, 11) is -1.36. The lowest BCUT2D eigenvalue weighted by molar-refractivity contribution is 0.0277. The van der Waals surface area contributed by atoms with Gasteiger partial charge in [0.1, 0.15) is 8.07 Å². The standard InChI is InChI=1S/C18H36OSi/c1-8-9-10-11-12-13-16(14-15-20(5,6)7)17(19)18(2,3)4/h16-17,19H,8-13H2,1-7H3/t16-,17+/m1/s1. The zero-order valence-corrected chi connectivity index (χ0v) is 15.8. The van der Waals surface area contributed by atoms with Gasteiger partial charge in [-0.2, -0.15) is 0 Å². The minimum atomic E-state index is -1.36. The SMILES string of the molecule is CCCCCCC[C@H](C#C[Si](C)(C)C)[C@H](O)C(C)(C)C. The molecular weight excluding hydrogens is 260 g/mol. The monoisotopic (exact) mass is 296 g/mol. The molecule has 2 heteroatoms. The third kappa shape index (κ3) is 9.61. The maximum absolute atomic E-state index is 10.6. The highest BCUT2D eigenvalue weighted by Crippen LogP contribution is 2.28. The molecule has 0 bridgehead atoms. The molecule has 0 aliphatic carbocycles. The average Bonchev–Trinajstić information content (AvgIpc) is 2.29. The Morgan fingerprint density at radius 3 is 2.00 bits per heavy atom.